The van der Waals surface area contributed by atoms with Crippen LogP contribution >= 0.6 is 0 Å². The summed E-state index contributed by atoms with van der Waals surface area (Å²) in [5.41, 5.74) is 1.06. The molecular weight excluding hydrogens is 186 g/mol. The van der Waals surface area contributed by atoms with Gasteiger partial charge in [-0.3, -0.25) is 4.90 Å². The van der Waals surface area contributed by atoms with Gasteiger partial charge in [-0.05, 0) is 31.9 Å². The summed E-state index contributed by atoms with van der Waals surface area (Å²) in [4.78, 5) is 1.96. The highest BCUT2D eigenvalue weighted by Crippen LogP contribution is 2.32. The van der Waals surface area contributed by atoms with Gasteiger partial charge < -0.3 is 5.11 Å². The lowest BCUT2D eigenvalue weighted by molar-refractivity contribution is 0.115. The number of nitrogens with zero attached hydrogens (tertiary/aromatic N) is 1. The lowest BCUT2D eigenvalue weighted by Gasteiger charge is -2.08. The van der Waals surface area contributed by atoms with Crippen molar-refractivity contribution in [3.63, 3.8) is 0 Å². The number of aliphatic hydroxyl groups excluding tert-OH is 1. The maximum atomic E-state index is 9.74. The van der Waals surface area contributed by atoms with E-state index in [0.717, 1.165) is 12.1 Å². The minimum absolute atomic E-state index is 0.116. The molecule has 0 saturated carbocycles. The predicted octanol–water partition coefficient (Wildman–Crippen LogP) is 1.45. The maximum absolute atomic E-state index is 9.74. The Hall–Kier alpha value is -1.30. The first-order valence-electron chi connectivity index (χ1n) is 5.11. The predicted molar refractivity (Wildman–Crippen MR) is 60.1 cm³/mol. The molecule has 0 bridgehead atoms. The van der Waals surface area contributed by atoms with Gasteiger partial charge in [0.15, 0.2) is 6.23 Å². The zero-order chi connectivity index (χ0) is 10.9. The molecule has 78 valence electrons. The Labute approximate surface area is 90.5 Å². The Morgan fingerprint density at radius 1 is 1.33 bits per heavy atom. The molecule has 2 unspecified atom stereocenters. The van der Waals surface area contributed by atoms with Crippen LogP contribution in [0.2, 0.25) is 0 Å². The zero-order valence-corrected chi connectivity index (χ0v) is 9.07. The fourth-order valence-corrected chi connectivity index (χ4v) is 1.55. The third-order valence-electron chi connectivity index (χ3n) is 2.65. The molecule has 15 heavy (non-hydrogen) atoms. The van der Waals surface area contributed by atoms with Crippen LogP contribution in [0.1, 0.15) is 19.4 Å². The van der Waals surface area contributed by atoms with E-state index < -0.39 is 6.23 Å². The molecule has 0 spiro atoms. The fraction of sp³-hybridized carbons (Fsp3) is 0.385. The van der Waals surface area contributed by atoms with Gasteiger partial charge in [-0.2, -0.15) is 0 Å². The average Bonchev–Trinajstić information content (AvgIpc) is 2.86. The molecule has 2 rings (SSSR count). The van der Waals surface area contributed by atoms with Gasteiger partial charge in [-0.1, -0.05) is 24.1 Å². The third-order valence-corrected chi connectivity index (χ3v) is 2.65. The molecule has 1 saturated heterocycles. The topological polar surface area (TPSA) is 23.2 Å². The first kappa shape index (κ1) is 10.2. The number of aliphatic hydroxyl groups is 1. The summed E-state index contributed by atoms with van der Waals surface area (Å²) in [6, 6.07) is 9.71. The van der Waals surface area contributed by atoms with Gasteiger partial charge in [0, 0.05) is 17.6 Å². The first-order valence-corrected chi connectivity index (χ1v) is 5.11. The highest BCUT2D eigenvalue weighted by atomic mass is 16.3. The van der Waals surface area contributed by atoms with Gasteiger partial charge in [0.2, 0.25) is 0 Å². The van der Waals surface area contributed by atoms with E-state index in [0.29, 0.717) is 0 Å². The first-order chi connectivity index (χ1) is 7.09. The van der Waals surface area contributed by atoms with Gasteiger partial charge in [0.05, 0.1) is 0 Å². The van der Waals surface area contributed by atoms with Crippen molar-refractivity contribution in [1.29, 1.82) is 0 Å². The van der Waals surface area contributed by atoms with Crippen molar-refractivity contribution < 1.29 is 5.11 Å². The van der Waals surface area contributed by atoms with Crippen molar-refractivity contribution in [3.05, 3.63) is 35.9 Å². The molecular formula is C13H15NO. The van der Waals surface area contributed by atoms with Crippen LogP contribution < -0.4 is 0 Å². The minimum atomic E-state index is -0.639. The Morgan fingerprint density at radius 2 is 1.93 bits per heavy atom. The van der Waals surface area contributed by atoms with Crippen LogP contribution in [-0.4, -0.2) is 28.3 Å². The number of hydrogen-bond donors (Lipinski definition) is 1. The smallest absolute Gasteiger partial charge is 0.171 e. The molecule has 1 aliphatic rings. The summed E-state index contributed by atoms with van der Waals surface area (Å²) in [5.74, 6) is 5.81. The summed E-state index contributed by atoms with van der Waals surface area (Å²) in [5, 5.41) is 9.74. The van der Waals surface area contributed by atoms with Crippen molar-refractivity contribution >= 4 is 0 Å². The molecule has 1 N–H and O–H groups in total. The Balaban J connectivity index is 2.01. The SMILES string of the molecule is CC1(C)CN1C(O)C#Cc1ccccc1. The monoisotopic (exact) mass is 201 g/mol. The van der Waals surface area contributed by atoms with Crippen molar-refractivity contribution in [3.8, 4) is 11.8 Å². The summed E-state index contributed by atoms with van der Waals surface area (Å²) < 4.78 is 0. The molecule has 2 atom stereocenters. The standard InChI is InChI=1S/C13H15NO/c1-13(2)10-14(13)12(15)9-8-11-6-4-3-5-7-11/h3-7,12,15H,10H2,1-2H3. The van der Waals surface area contributed by atoms with E-state index >= 15 is 0 Å². The molecule has 2 nitrogen and oxygen atoms in total. The third kappa shape index (κ3) is 2.38. The van der Waals surface area contributed by atoms with E-state index in [1.165, 1.54) is 0 Å². The van der Waals surface area contributed by atoms with Gasteiger partial charge in [-0.15, -0.1) is 0 Å². The molecule has 0 aromatic heterocycles. The van der Waals surface area contributed by atoms with Crippen molar-refractivity contribution in [2.24, 2.45) is 0 Å². The normalized spacial score (nSPS) is 23.8. The molecule has 0 amide bonds. The molecule has 2 heteroatoms. The number of rotatable bonds is 1. The second-order valence-electron chi connectivity index (χ2n) is 4.45. The Morgan fingerprint density at radius 3 is 2.47 bits per heavy atom. The van der Waals surface area contributed by atoms with Crippen LogP contribution in [0.5, 0.6) is 0 Å². The average molecular weight is 201 g/mol. The zero-order valence-electron chi connectivity index (χ0n) is 9.07. The van der Waals surface area contributed by atoms with E-state index in [4.69, 9.17) is 0 Å². The summed E-state index contributed by atoms with van der Waals surface area (Å²) >= 11 is 0. The largest absolute Gasteiger partial charge is 0.367 e. The molecule has 0 radical (unpaired) electrons. The summed E-state index contributed by atoms with van der Waals surface area (Å²) in [7, 11) is 0. The maximum Gasteiger partial charge on any atom is 0.171 e. The second kappa shape index (κ2) is 3.69. The molecule has 1 heterocycles. The van der Waals surface area contributed by atoms with Gasteiger partial charge >= 0.3 is 0 Å². The van der Waals surface area contributed by atoms with E-state index in [2.05, 4.69) is 25.7 Å². The molecule has 1 aromatic rings. The van der Waals surface area contributed by atoms with Crippen LogP contribution in [0.15, 0.2) is 30.3 Å². The second-order valence-corrected chi connectivity index (χ2v) is 4.45. The molecule has 0 aliphatic carbocycles. The van der Waals surface area contributed by atoms with Crippen LogP contribution in [0, 0.1) is 11.8 Å². The van der Waals surface area contributed by atoms with Crippen molar-refractivity contribution in [2.75, 3.05) is 6.54 Å². The quantitative estimate of drug-likeness (QED) is 0.549. The summed E-state index contributed by atoms with van der Waals surface area (Å²) in [6.07, 6.45) is -0.639. The summed E-state index contributed by atoms with van der Waals surface area (Å²) in [6.45, 7) is 5.11. The lowest BCUT2D eigenvalue weighted by atomic mass is 10.2. The highest BCUT2D eigenvalue weighted by molar-refractivity contribution is 5.34. The minimum Gasteiger partial charge on any atom is -0.367 e. The van der Waals surface area contributed by atoms with Crippen molar-refractivity contribution in [1.82, 2.24) is 4.90 Å². The van der Waals surface area contributed by atoms with E-state index in [9.17, 15) is 5.11 Å². The van der Waals surface area contributed by atoms with Crippen LogP contribution in [-0.2, 0) is 0 Å². The fourth-order valence-electron chi connectivity index (χ4n) is 1.55. The Bertz CT molecular complexity index is 400. The van der Waals surface area contributed by atoms with Gasteiger partial charge in [0.25, 0.3) is 0 Å². The highest BCUT2D eigenvalue weighted by Gasteiger charge is 2.46. The molecule has 1 aliphatic heterocycles. The van der Waals surface area contributed by atoms with Gasteiger partial charge in [0.1, 0.15) is 0 Å². The Kier molecular flexibility index (Phi) is 2.52. The lowest BCUT2D eigenvalue weighted by Crippen LogP contribution is -2.21. The number of benzene rings is 1. The van der Waals surface area contributed by atoms with Crippen LogP contribution in [0.3, 0.4) is 0 Å². The van der Waals surface area contributed by atoms with Crippen LogP contribution in [0.25, 0.3) is 0 Å². The van der Waals surface area contributed by atoms with Crippen LogP contribution in [0.4, 0.5) is 0 Å². The molecule has 1 aromatic carbocycles. The number of hydrogen-bond acceptors (Lipinski definition) is 2. The van der Waals surface area contributed by atoms with E-state index in [1.807, 2.05) is 35.2 Å². The van der Waals surface area contributed by atoms with E-state index in [1.54, 1.807) is 0 Å². The van der Waals surface area contributed by atoms with E-state index in [-0.39, 0.29) is 5.54 Å². The van der Waals surface area contributed by atoms with Gasteiger partial charge in [-0.25, -0.2) is 0 Å². The van der Waals surface area contributed by atoms with Crippen molar-refractivity contribution in [2.45, 2.75) is 25.6 Å². The molecule has 1 fully saturated rings.